The Balaban J connectivity index is 1.53. The summed E-state index contributed by atoms with van der Waals surface area (Å²) in [4.78, 5) is 32.2. The molecule has 11 heteroatoms. The Morgan fingerprint density at radius 3 is 2.55 bits per heavy atom. The van der Waals surface area contributed by atoms with Gasteiger partial charge in [-0.25, -0.2) is 14.2 Å². The van der Waals surface area contributed by atoms with Crippen molar-refractivity contribution in [1.29, 1.82) is 0 Å². The number of alkyl halides is 3. The van der Waals surface area contributed by atoms with E-state index in [9.17, 15) is 27.2 Å². The Kier molecular flexibility index (Phi) is 5.77. The van der Waals surface area contributed by atoms with E-state index in [1.165, 1.54) is 36.7 Å². The largest absolute Gasteiger partial charge is 0.419 e. The molecular weight excluding hydrogens is 464 g/mol. The maximum absolute atomic E-state index is 14.1. The Morgan fingerprint density at radius 1 is 1.03 bits per heavy atom. The molecule has 4 aromatic rings. The Labute approximate surface area is 188 Å². The van der Waals surface area contributed by atoms with Crippen LogP contribution in [0.25, 0.3) is 11.0 Å². The highest BCUT2D eigenvalue weighted by Gasteiger charge is 2.35. The molecular formula is C22H13ClF4N4O2. The number of fused-ring (bicyclic) bond motifs is 1. The van der Waals surface area contributed by atoms with Crippen molar-refractivity contribution in [3.8, 4) is 0 Å². The molecule has 0 bridgehead atoms. The Bertz CT molecular complexity index is 1380. The standard InChI is InChI=1S/C22H13ClF4N4O2/c23-12-8-14-15(10-29-20(14)28-9-12)19(32)11-3-1-4-13(7-11)30-21(33)31-17-6-2-5-16(18(17)24)22(25,26)27/h1-10H,(H,28,29)(H2,30,31,33). The normalized spacial score (nSPS) is 11.4. The SMILES string of the molecule is O=C(Nc1cccc(C(=O)c2c[nH]c3ncc(Cl)cc23)c1)Nc1cccc(C(F)(F)F)c1F. The van der Waals surface area contributed by atoms with Crippen molar-refractivity contribution in [2.75, 3.05) is 10.6 Å². The number of benzene rings is 2. The van der Waals surface area contributed by atoms with Gasteiger partial charge in [-0.05, 0) is 30.3 Å². The number of urea groups is 1. The van der Waals surface area contributed by atoms with Gasteiger partial charge >= 0.3 is 12.2 Å². The topological polar surface area (TPSA) is 86.9 Å². The Morgan fingerprint density at radius 2 is 1.79 bits per heavy atom. The smallest absolute Gasteiger partial charge is 0.345 e. The quantitative estimate of drug-likeness (QED) is 0.240. The van der Waals surface area contributed by atoms with Crippen LogP contribution in [0.4, 0.5) is 33.7 Å². The number of carbonyl (C=O) groups excluding carboxylic acids is 2. The van der Waals surface area contributed by atoms with Gasteiger partial charge in [0, 0.05) is 34.6 Å². The zero-order valence-corrected chi connectivity index (χ0v) is 17.2. The minimum Gasteiger partial charge on any atom is -0.345 e. The number of rotatable bonds is 4. The molecule has 3 N–H and O–H groups in total. The van der Waals surface area contributed by atoms with E-state index in [0.717, 1.165) is 12.1 Å². The molecule has 4 rings (SSSR count). The van der Waals surface area contributed by atoms with E-state index in [-0.39, 0.29) is 17.0 Å². The van der Waals surface area contributed by atoms with Crippen molar-refractivity contribution in [2.45, 2.75) is 6.18 Å². The number of hydrogen-bond acceptors (Lipinski definition) is 3. The van der Waals surface area contributed by atoms with E-state index >= 15 is 0 Å². The van der Waals surface area contributed by atoms with Crippen molar-refractivity contribution in [3.63, 3.8) is 0 Å². The number of aromatic nitrogens is 2. The highest BCUT2D eigenvalue weighted by atomic mass is 35.5. The molecule has 2 heterocycles. The zero-order valence-electron chi connectivity index (χ0n) is 16.4. The molecule has 0 saturated heterocycles. The van der Waals surface area contributed by atoms with E-state index in [1.54, 1.807) is 6.07 Å². The minimum absolute atomic E-state index is 0.168. The third-order valence-electron chi connectivity index (χ3n) is 4.68. The van der Waals surface area contributed by atoms with E-state index in [4.69, 9.17) is 11.6 Å². The van der Waals surface area contributed by atoms with Gasteiger partial charge in [0.2, 0.25) is 0 Å². The van der Waals surface area contributed by atoms with Crippen LogP contribution < -0.4 is 10.6 Å². The van der Waals surface area contributed by atoms with Gasteiger partial charge in [0.05, 0.1) is 16.3 Å². The number of H-pyrrole nitrogens is 1. The maximum Gasteiger partial charge on any atom is 0.419 e. The molecule has 0 aliphatic rings. The molecule has 168 valence electrons. The summed E-state index contributed by atoms with van der Waals surface area (Å²) < 4.78 is 52.7. The van der Waals surface area contributed by atoms with Gasteiger partial charge in [0.25, 0.3) is 0 Å². The van der Waals surface area contributed by atoms with Crippen molar-refractivity contribution < 1.29 is 27.2 Å². The van der Waals surface area contributed by atoms with Crippen molar-refractivity contribution >= 4 is 45.8 Å². The van der Waals surface area contributed by atoms with E-state index in [2.05, 4.69) is 15.3 Å². The van der Waals surface area contributed by atoms with Crippen LogP contribution in [0.5, 0.6) is 0 Å². The first-order chi connectivity index (χ1) is 15.6. The fraction of sp³-hybridized carbons (Fsp3) is 0.0455. The van der Waals surface area contributed by atoms with Crippen LogP contribution in [0.3, 0.4) is 0 Å². The number of nitrogens with zero attached hydrogens (tertiary/aromatic N) is 1. The van der Waals surface area contributed by atoms with Crippen LogP contribution in [-0.4, -0.2) is 21.8 Å². The molecule has 0 fully saturated rings. The molecule has 2 amide bonds. The van der Waals surface area contributed by atoms with Gasteiger partial charge < -0.3 is 15.6 Å². The number of pyridine rings is 1. The number of hydrogen-bond donors (Lipinski definition) is 3. The van der Waals surface area contributed by atoms with Crippen LogP contribution in [0.15, 0.2) is 60.9 Å². The first-order valence-corrected chi connectivity index (χ1v) is 9.72. The van der Waals surface area contributed by atoms with Gasteiger partial charge in [-0.15, -0.1) is 0 Å². The van der Waals surface area contributed by atoms with Gasteiger partial charge in [-0.1, -0.05) is 29.8 Å². The summed E-state index contributed by atoms with van der Waals surface area (Å²) in [5.74, 6) is -1.98. The number of amides is 2. The van der Waals surface area contributed by atoms with Gasteiger partial charge in [-0.3, -0.25) is 4.79 Å². The highest BCUT2D eigenvalue weighted by molar-refractivity contribution is 6.31. The maximum atomic E-state index is 14.1. The summed E-state index contributed by atoms with van der Waals surface area (Å²) in [6.45, 7) is 0. The second-order valence-corrected chi connectivity index (χ2v) is 7.34. The zero-order chi connectivity index (χ0) is 23.8. The van der Waals surface area contributed by atoms with Crippen LogP contribution in [0.1, 0.15) is 21.5 Å². The number of aromatic amines is 1. The first kappa shape index (κ1) is 22.3. The average Bonchev–Trinajstić information content (AvgIpc) is 3.17. The summed E-state index contributed by atoms with van der Waals surface area (Å²) in [6.07, 6.45) is -1.99. The molecule has 0 saturated carbocycles. The molecule has 2 aromatic heterocycles. The van der Waals surface area contributed by atoms with Crippen LogP contribution in [-0.2, 0) is 6.18 Å². The monoisotopic (exact) mass is 476 g/mol. The van der Waals surface area contributed by atoms with E-state index in [1.807, 2.05) is 5.32 Å². The van der Waals surface area contributed by atoms with Crippen molar-refractivity contribution in [2.24, 2.45) is 0 Å². The summed E-state index contributed by atoms with van der Waals surface area (Å²) in [5.41, 5.74) is -0.966. The van der Waals surface area contributed by atoms with Crippen molar-refractivity contribution in [3.05, 3.63) is 88.5 Å². The number of carbonyl (C=O) groups is 2. The molecule has 0 aliphatic carbocycles. The number of halogens is 5. The van der Waals surface area contributed by atoms with Crippen LogP contribution in [0, 0.1) is 5.82 Å². The highest BCUT2D eigenvalue weighted by Crippen LogP contribution is 2.34. The van der Waals surface area contributed by atoms with Gasteiger partial charge in [0.1, 0.15) is 5.65 Å². The van der Waals surface area contributed by atoms with E-state index < -0.39 is 29.3 Å². The molecule has 2 aromatic carbocycles. The minimum atomic E-state index is -4.91. The van der Waals surface area contributed by atoms with Crippen LogP contribution in [0.2, 0.25) is 5.02 Å². The number of ketones is 1. The summed E-state index contributed by atoms with van der Waals surface area (Å²) in [5, 5.41) is 5.28. The third kappa shape index (κ3) is 4.65. The average molecular weight is 477 g/mol. The lowest BCUT2D eigenvalue weighted by Gasteiger charge is -2.13. The van der Waals surface area contributed by atoms with E-state index in [0.29, 0.717) is 27.7 Å². The summed E-state index contributed by atoms with van der Waals surface area (Å²) in [7, 11) is 0. The number of nitrogens with one attached hydrogen (secondary N) is 3. The lowest BCUT2D eigenvalue weighted by Crippen LogP contribution is -2.21. The lowest BCUT2D eigenvalue weighted by molar-refractivity contribution is -0.139. The molecule has 0 atom stereocenters. The molecule has 6 nitrogen and oxygen atoms in total. The fourth-order valence-corrected chi connectivity index (χ4v) is 3.35. The lowest BCUT2D eigenvalue weighted by atomic mass is 10.0. The second kappa shape index (κ2) is 8.55. The van der Waals surface area contributed by atoms with Gasteiger partial charge in [-0.2, -0.15) is 13.2 Å². The molecule has 0 aliphatic heterocycles. The van der Waals surface area contributed by atoms with Gasteiger partial charge in [0.15, 0.2) is 11.6 Å². The summed E-state index contributed by atoms with van der Waals surface area (Å²) in [6, 6.07) is 9.02. The first-order valence-electron chi connectivity index (χ1n) is 9.34. The molecule has 0 radical (unpaired) electrons. The second-order valence-electron chi connectivity index (χ2n) is 6.91. The molecule has 0 spiro atoms. The number of anilines is 2. The summed E-state index contributed by atoms with van der Waals surface area (Å²) >= 11 is 5.96. The Hall–Kier alpha value is -3.92. The predicted octanol–water partition coefficient (Wildman–Crippen LogP) is 6.25. The van der Waals surface area contributed by atoms with Crippen LogP contribution >= 0.6 is 11.6 Å². The molecule has 0 unspecified atom stereocenters. The third-order valence-corrected chi connectivity index (χ3v) is 4.88. The molecule has 33 heavy (non-hydrogen) atoms. The van der Waals surface area contributed by atoms with Crippen molar-refractivity contribution in [1.82, 2.24) is 9.97 Å². The predicted molar refractivity (Wildman–Crippen MR) is 115 cm³/mol. The fourth-order valence-electron chi connectivity index (χ4n) is 3.19.